The van der Waals surface area contributed by atoms with E-state index in [1.165, 1.54) is 6.26 Å². The number of ketones is 1. The smallest absolute Gasteiger partial charge is 0.360 e. The minimum Gasteiger partial charge on any atom is -0.475 e. The number of pyridine rings is 1. The average molecular weight is 486 g/mol. The van der Waals surface area contributed by atoms with Crippen LogP contribution in [0.3, 0.4) is 0 Å². The van der Waals surface area contributed by atoms with E-state index in [0.29, 0.717) is 42.6 Å². The number of nitrogens with zero attached hydrogens (tertiary/aromatic N) is 4. The van der Waals surface area contributed by atoms with Crippen molar-refractivity contribution in [1.82, 2.24) is 19.7 Å². The third kappa shape index (κ3) is 7.38. The number of nitrogen functional groups attached to an aromatic ring is 1. The molecule has 3 aromatic rings. The summed E-state index contributed by atoms with van der Waals surface area (Å²) in [4.78, 5) is 32.5. The standard InChI is InChI=1S/C24H31N5O6/c1-4-33-24(31)19-15-35-23(27-19)17-8-9-26-20(13-17)34-12-11-32-10-6-5-7-16(2)22(30)21-18(25)14-29(3)28-21/h8-9,13-16H,4-7,10-12,25H2,1-3H3. The van der Waals surface area contributed by atoms with Gasteiger partial charge < -0.3 is 24.4 Å². The predicted molar refractivity (Wildman–Crippen MR) is 127 cm³/mol. The van der Waals surface area contributed by atoms with E-state index in [1.807, 2.05) is 6.92 Å². The van der Waals surface area contributed by atoms with Crippen LogP contribution in [0.15, 0.2) is 35.2 Å². The third-order valence-corrected chi connectivity index (χ3v) is 5.16. The van der Waals surface area contributed by atoms with E-state index in [1.54, 1.807) is 43.2 Å². The molecule has 3 rings (SSSR count). The van der Waals surface area contributed by atoms with E-state index >= 15 is 0 Å². The van der Waals surface area contributed by atoms with Crippen molar-refractivity contribution in [2.75, 3.05) is 32.2 Å². The molecule has 0 amide bonds. The number of Topliss-reactive ketones (excluding diaryl/α,β-unsaturated/α-hetero) is 1. The molecule has 0 radical (unpaired) electrons. The van der Waals surface area contributed by atoms with E-state index in [0.717, 1.165) is 19.3 Å². The Labute approximate surface area is 203 Å². The van der Waals surface area contributed by atoms with Gasteiger partial charge in [-0.25, -0.2) is 14.8 Å². The second-order valence-electron chi connectivity index (χ2n) is 7.97. The second kappa shape index (κ2) is 12.7. The summed E-state index contributed by atoms with van der Waals surface area (Å²) in [7, 11) is 1.74. The Balaban J connectivity index is 1.33. The number of unbranched alkanes of at least 4 members (excludes halogenated alkanes) is 1. The fraction of sp³-hybridized carbons (Fsp3) is 0.458. The van der Waals surface area contributed by atoms with Crippen molar-refractivity contribution < 1.29 is 28.2 Å². The van der Waals surface area contributed by atoms with Gasteiger partial charge in [-0.3, -0.25) is 9.48 Å². The van der Waals surface area contributed by atoms with Crippen LogP contribution in [0.2, 0.25) is 0 Å². The molecule has 0 spiro atoms. The van der Waals surface area contributed by atoms with Gasteiger partial charge in [-0.05, 0) is 25.8 Å². The molecule has 0 bridgehead atoms. The molecular weight excluding hydrogens is 454 g/mol. The number of carbonyl (C=O) groups is 2. The topological polar surface area (TPSA) is 145 Å². The number of carbonyl (C=O) groups excluding carboxylic acids is 2. The average Bonchev–Trinajstić information content (AvgIpc) is 3.47. The molecule has 188 valence electrons. The monoisotopic (exact) mass is 485 g/mol. The molecule has 0 saturated carbocycles. The van der Waals surface area contributed by atoms with Crippen LogP contribution < -0.4 is 10.5 Å². The Hall–Kier alpha value is -3.73. The molecular formula is C24H31N5O6. The lowest BCUT2D eigenvalue weighted by atomic mass is 9.97. The lowest BCUT2D eigenvalue weighted by Crippen LogP contribution is -2.14. The summed E-state index contributed by atoms with van der Waals surface area (Å²) in [6.45, 7) is 5.16. The van der Waals surface area contributed by atoms with Gasteiger partial charge in [0.15, 0.2) is 17.2 Å². The van der Waals surface area contributed by atoms with Crippen LogP contribution in [0.5, 0.6) is 5.88 Å². The first-order valence-corrected chi connectivity index (χ1v) is 11.5. The van der Waals surface area contributed by atoms with Gasteiger partial charge in [0.05, 0.1) is 18.9 Å². The van der Waals surface area contributed by atoms with Crippen molar-refractivity contribution in [3.8, 4) is 17.3 Å². The number of aromatic nitrogens is 4. The van der Waals surface area contributed by atoms with Crippen LogP contribution >= 0.6 is 0 Å². The predicted octanol–water partition coefficient (Wildman–Crippen LogP) is 3.31. The van der Waals surface area contributed by atoms with E-state index in [4.69, 9.17) is 24.4 Å². The van der Waals surface area contributed by atoms with Crippen molar-refractivity contribution in [3.05, 3.63) is 42.2 Å². The fourth-order valence-corrected chi connectivity index (χ4v) is 3.35. The lowest BCUT2D eigenvalue weighted by molar-refractivity contribution is 0.0519. The summed E-state index contributed by atoms with van der Waals surface area (Å²) in [6, 6.07) is 3.38. The SMILES string of the molecule is CCOC(=O)c1coc(-c2ccnc(OCCOCCCCC(C)C(=O)c3nn(C)cc3N)c2)n1. The van der Waals surface area contributed by atoms with Crippen LogP contribution in [-0.2, 0) is 16.5 Å². The maximum absolute atomic E-state index is 12.5. The second-order valence-corrected chi connectivity index (χ2v) is 7.97. The van der Waals surface area contributed by atoms with Gasteiger partial charge in [-0.15, -0.1) is 0 Å². The van der Waals surface area contributed by atoms with E-state index < -0.39 is 5.97 Å². The summed E-state index contributed by atoms with van der Waals surface area (Å²) < 4.78 is 23.1. The Bertz CT molecular complexity index is 1130. The molecule has 0 fully saturated rings. The summed E-state index contributed by atoms with van der Waals surface area (Å²) >= 11 is 0. The minimum absolute atomic E-state index is 0.0333. The molecule has 1 atom stereocenters. The van der Waals surface area contributed by atoms with Gasteiger partial charge in [-0.2, -0.15) is 5.10 Å². The van der Waals surface area contributed by atoms with Gasteiger partial charge in [0.25, 0.3) is 0 Å². The molecule has 0 saturated heterocycles. The number of rotatable bonds is 14. The lowest BCUT2D eigenvalue weighted by Gasteiger charge is -2.10. The largest absolute Gasteiger partial charge is 0.475 e. The molecule has 0 aromatic carbocycles. The number of anilines is 1. The molecule has 0 aliphatic carbocycles. The highest BCUT2D eigenvalue weighted by atomic mass is 16.5. The molecule has 11 nitrogen and oxygen atoms in total. The van der Waals surface area contributed by atoms with Gasteiger partial charge in [0.2, 0.25) is 11.8 Å². The van der Waals surface area contributed by atoms with Crippen LogP contribution in [0.25, 0.3) is 11.5 Å². The molecule has 0 aliphatic heterocycles. The third-order valence-electron chi connectivity index (χ3n) is 5.16. The van der Waals surface area contributed by atoms with E-state index in [-0.39, 0.29) is 29.9 Å². The van der Waals surface area contributed by atoms with Gasteiger partial charge in [0, 0.05) is 43.6 Å². The van der Waals surface area contributed by atoms with Crippen LogP contribution in [0.1, 0.15) is 54.1 Å². The number of esters is 1. The zero-order valence-corrected chi connectivity index (χ0v) is 20.2. The van der Waals surface area contributed by atoms with Gasteiger partial charge in [0.1, 0.15) is 12.9 Å². The van der Waals surface area contributed by atoms with E-state index in [9.17, 15) is 9.59 Å². The number of oxazole rings is 1. The first-order chi connectivity index (χ1) is 16.9. The first kappa shape index (κ1) is 25.9. The van der Waals surface area contributed by atoms with Crippen LogP contribution in [0.4, 0.5) is 5.69 Å². The minimum atomic E-state index is -0.538. The summed E-state index contributed by atoms with van der Waals surface area (Å²) in [5.74, 6) is -0.0536. The van der Waals surface area contributed by atoms with Crippen molar-refractivity contribution in [1.29, 1.82) is 0 Å². The molecule has 0 aliphatic rings. The number of nitrogens with two attached hydrogens (primary N) is 1. The van der Waals surface area contributed by atoms with Crippen molar-refractivity contribution in [2.45, 2.75) is 33.1 Å². The number of ether oxygens (including phenoxy) is 3. The maximum Gasteiger partial charge on any atom is 0.360 e. The Kier molecular flexibility index (Phi) is 9.36. The van der Waals surface area contributed by atoms with E-state index in [2.05, 4.69) is 15.1 Å². The Morgan fingerprint density at radius 2 is 2.06 bits per heavy atom. The van der Waals surface area contributed by atoms with Crippen LogP contribution in [0, 0.1) is 5.92 Å². The number of hydrogen-bond donors (Lipinski definition) is 1. The first-order valence-electron chi connectivity index (χ1n) is 11.5. The molecule has 3 heterocycles. The normalized spacial score (nSPS) is 11.9. The molecule has 2 N–H and O–H groups in total. The summed E-state index contributed by atoms with van der Waals surface area (Å²) in [6.07, 6.45) is 6.89. The zero-order chi connectivity index (χ0) is 25.2. The Morgan fingerprint density at radius 1 is 1.23 bits per heavy atom. The fourth-order valence-electron chi connectivity index (χ4n) is 3.35. The molecule has 3 aromatic heterocycles. The van der Waals surface area contributed by atoms with Crippen LogP contribution in [-0.4, -0.2) is 57.9 Å². The maximum atomic E-state index is 12.5. The number of aryl methyl sites for hydroxylation is 1. The highest BCUT2D eigenvalue weighted by molar-refractivity contribution is 6.00. The highest BCUT2D eigenvalue weighted by Crippen LogP contribution is 2.22. The molecule has 1 unspecified atom stereocenters. The van der Waals surface area contributed by atoms with Crippen molar-refractivity contribution >= 4 is 17.4 Å². The summed E-state index contributed by atoms with van der Waals surface area (Å²) in [5, 5.41) is 4.14. The van der Waals surface area contributed by atoms with Gasteiger partial charge in [-0.1, -0.05) is 13.3 Å². The highest BCUT2D eigenvalue weighted by Gasteiger charge is 2.20. The van der Waals surface area contributed by atoms with Crippen molar-refractivity contribution in [3.63, 3.8) is 0 Å². The zero-order valence-electron chi connectivity index (χ0n) is 20.2. The quantitative estimate of drug-likeness (QED) is 0.205. The number of hydrogen-bond acceptors (Lipinski definition) is 10. The van der Waals surface area contributed by atoms with Crippen molar-refractivity contribution in [2.24, 2.45) is 13.0 Å². The Morgan fingerprint density at radius 3 is 2.80 bits per heavy atom. The molecule has 35 heavy (non-hydrogen) atoms. The summed E-state index contributed by atoms with van der Waals surface area (Å²) in [5.41, 5.74) is 7.33. The van der Waals surface area contributed by atoms with Gasteiger partial charge >= 0.3 is 5.97 Å². The molecule has 11 heteroatoms.